The van der Waals surface area contributed by atoms with E-state index in [1.807, 2.05) is 24.3 Å². The fourth-order valence-corrected chi connectivity index (χ4v) is 4.38. The van der Waals surface area contributed by atoms with Crippen LogP contribution in [0.2, 0.25) is 0 Å². The summed E-state index contributed by atoms with van der Waals surface area (Å²) >= 11 is 0. The van der Waals surface area contributed by atoms with Gasteiger partial charge in [0, 0.05) is 30.1 Å². The summed E-state index contributed by atoms with van der Waals surface area (Å²) in [4.78, 5) is 66.7. The third kappa shape index (κ3) is 6.62. The number of carbonyl (C=O) groups is 5. The predicted octanol–water partition coefficient (Wildman–Crippen LogP) is -1.66. The average molecular weight is 517 g/mol. The van der Waals surface area contributed by atoms with Crippen molar-refractivity contribution in [3.8, 4) is 0 Å². The van der Waals surface area contributed by atoms with Crippen molar-refractivity contribution < 1.29 is 34.2 Å². The Kier molecular flexibility index (Phi) is 8.84. The van der Waals surface area contributed by atoms with Crippen LogP contribution in [0, 0.1) is 0 Å². The van der Waals surface area contributed by atoms with Crippen LogP contribution in [0.15, 0.2) is 30.5 Å². The highest BCUT2D eigenvalue weighted by Crippen LogP contribution is 2.23. The van der Waals surface area contributed by atoms with Crippen molar-refractivity contribution >= 4 is 40.5 Å². The van der Waals surface area contributed by atoms with Crippen LogP contribution >= 0.6 is 0 Å². The van der Waals surface area contributed by atoms with E-state index in [2.05, 4.69) is 15.6 Å². The fraction of sp³-hybridized carbons (Fsp3) is 0.458. The smallest absolute Gasteiger partial charge is 0.326 e. The van der Waals surface area contributed by atoms with Crippen LogP contribution in [-0.4, -0.2) is 86.5 Å². The van der Waals surface area contributed by atoms with Crippen molar-refractivity contribution in [1.29, 1.82) is 0 Å². The Labute approximate surface area is 212 Å². The van der Waals surface area contributed by atoms with E-state index in [1.54, 1.807) is 6.20 Å². The van der Waals surface area contributed by atoms with Gasteiger partial charge >= 0.3 is 5.97 Å². The van der Waals surface area contributed by atoms with Gasteiger partial charge in [0.15, 0.2) is 0 Å². The summed E-state index contributed by atoms with van der Waals surface area (Å²) in [6.45, 7) is 1.50. The molecule has 4 amide bonds. The second-order valence-corrected chi connectivity index (χ2v) is 9.15. The number of para-hydroxylation sites is 1. The van der Waals surface area contributed by atoms with Gasteiger partial charge in [-0.25, -0.2) is 4.79 Å². The number of aromatic nitrogens is 1. The number of aliphatic hydroxyl groups is 1. The number of H-pyrrole nitrogens is 1. The first-order chi connectivity index (χ1) is 17.5. The van der Waals surface area contributed by atoms with Gasteiger partial charge in [-0.15, -0.1) is 0 Å². The molecular weight excluding hydrogens is 484 g/mol. The highest BCUT2D eigenvalue weighted by molar-refractivity contribution is 5.97. The van der Waals surface area contributed by atoms with E-state index in [1.165, 1.54) is 11.8 Å². The molecule has 1 aromatic carbocycles. The zero-order valence-electron chi connectivity index (χ0n) is 20.3. The van der Waals surface area contributed by atoms with E-state index >= 15 is 0 Å². The van der Waals surface area contributed by atoms with Crippen LogP contribution in [0.4, 0.5) is 0 Å². The molecule has 0 aliphatic carbocycles. The molecule has 13 nitrogen and oxygen atoms in total. The zero-order valence-corrected chi connectivity index (χ0v) is 20.3. The monoisotopic (exact) mass is 516 g/mol. The number of nitrogens with two attached hydrogens (primary N) is 2. The number of hydrogen-bond donors (Lipinski definition) is 7. The number of benzene rings is 1. The summed E-state index contributed by atoms with van der Waals surface area (Å²) in [6, 6.07) is 2.27. The molecule has 9 N–H and O–H groups in total. The molecule has 0 bridgehead atoms. The van der Waals surface area contributed by atoms with Gasteiger partial charge < -0.3 is 42.2 Å². The van der Waals surface area contributed by atoms with Crippen LogP contribution in [0.5, 0.6) is 0 Å². The first kappa shape index (κ1) is 27.6. The third-order valence-corrected chi connectivity index (χ3v) is 6.40. The standard InChI is InChI=1S/C24H32N6O7/c1-12(31)20(26)22(34)28-16(10-19(25)32)21(33)29-17(23(35)30-8-4-7-18(30)24(36)37)9-13-11-27-15-6-3-2-5-14(13)15/h2-3,5-6,11-12,16-18,20,27,31H,4,7-10,26H2,1H3,(H2,25,32)(H,28,34)(H,29,33)(H,36,37). The van der Waals surface area contributed by atoms with Gasteiger partial charge in [0.2, 0.25) is 23.6 Å². The number of amides is 4. The molecule has 37 heavy (non-hydrogen) atoms. The Bertz CT molecular complexity index is 1180. The van der Waals surface area contributed by atoms with E-state index in [0.717, 1.165) is 10.9 Å². The number of likely N-dealkylation sites (tertiary alicyclic amines) is 1. The Hall–Kier alpha value is -3.97. The summed E-state index contributed by atoms with van der Waals surface area (Å²) in [5, 5.41) is 24.8. The summed E-state index contributed by atoms with van der Waals surface area (Å²) in [7, 11) is 0. The minimum absolute atomic E-state index is 0.0157. The number of nitrogens with zero attached hydrogens (tertiary/aromatic N) is 1. The lowest BCUT2D eigenvalue weighted by Crippen LogP contribution is -2.59. The summed E-state index contributed by atoms with van der Waals surface area (Å²) in [5.74, 6) is -4.41. The third-order valence-electron chi connectivity index (χ3n) is 6.40. The summed E-state index contributed by atoms with van der Waals surface area (Å²) in [5.41, 5.74) is 12.4. The molecule has 0 radical (unpaired) electrons. The first-order valence-corrected chi connectivity index (χ1v) is 11.9. The number of carbonyl (C=O) groups excluding carboxylic acids is 4. The number of primary amides is 1. The minimum atomic E-state index is -1.47. The molecule has 1 saturated heterocycles. The van der Waals surface area contributed by atoms with Crippen molar-refractivity contribution in [2.45, 2.75) is 62.9 Å². The maximum Gasteiger partial charge on any atom is 0.326 e. The van der Waals surface area contributed by atoms with Crippen molar-refractivity contribution in [3.63, 3.8) is 0 Å². The second kappa shape index (κ2) is 11.8. The topological polar surface area (TPSA) is 221 Å². The van der Waals surface area contributed by atoms with Crippen molar-refractivity contribution in [3.05, 3.63) is 36.0 Å². The van der Waals surface area contributed by atoms with E-state index in [-0.39, 0.29) is 19.4 Å². The van der Waals surface area contributed by atoms with Crippen molar-refractivity contribution in [2.24, 2.45) is 11.5 Å². The van der Waals surface area contributed by atoms with Crippen LogP contribution in [0.1, 0.15) is 31.7 Å². The number of aliphatic hydroxyl groups excluding tert-OH is 1. The lowest BCUT2D eigenvalue weighted by molar-refractivity contribution is -0.149. The lowest BCUT2D eigenvalue weighted by Gasteiger charge is -2.29. The number of hydrogen-bond acceptors (Lipinski definition) is 7. The molecule has 1 aliphatic heterocycles. The highest BCUT2D eigenvalue weighted by Gasteiger charge is 2.39. The van der Waals surface area contributed by atoms with Crippen molar-refractivity contribution in [2.75, 3.05) is 6.54 Å². The molecule has 5 unspecified atom stereocenters. The predicted molar refractivity (Wildman–Crippen MR) is 132 cm³/mol. The molecule has 2 heterocycles. The molecule has 3 rings (SSSR count). The van der Waals surface area contributed by atoms with Gasteiger partial charge in [-0.2, -0.15) is 0 Å². The molecule has 0 saturated carbocycles. The molecule has 2 aromatic rings. The lowest BCUT2D eigenvalue weighted by atomic mass is 10.0. The average Bonchev–Trinajstić information content (AvgIpc) is 3.49. The number of aromatic amines is 1. The Morgan fingerprint density at radius 2 is 1.81 bits per heavy atom. The molecule has 0 spiro atoms. The zero-order chi connectivity index (χ0) is 27.3. The molecule has 200 valence electrons. The normalized spacial score (nSPS) is 18.6. The first-order valence-electron chi connectivity index (χ1n) is 11.9. The molecule has 1 aliphatic rings. The van der Waals surface area contributed by atoms with E-state index < -0.39 is 66.3 Å². The maximum atomic E-state index is 13.5. The number of rotatable bonds is 11. The van der Waals surface area contributed by atoms with Crippen LogP contribution in [-0.2, 0) is 30.4 Å². The quantitative estimate of drug-likeness (QED) is 0.183. The van der Waals surface area contributed by atoms with E-state index in [0.29, 0.717) is 12.0 Å². The van der Waals surface area contributed by atoms with Crippen LogP contribution in [0.25, 0.3) is 10.9 Å². The van der Waals surface area contributed by atoms with Crippen LogP contribution < -0.4 is 22.1 Å². The molecular formula is C24H32N6O7. The van der Waals surface area contributed by atoms with Crippen molar-refractivity contribution in [1.82, 2.24) is 20.5 Å². The largest absolute Gasteiger partial charge is 0.480 e. The Balaban J connectivity index is 1.89. The van der Waals surface area contributed by atoms with Gasteiger partial charge in [0.05, 0.1) is 12.5 Å². The summed E-state index contributed by atoms with van der Waals surface area (Å²) in [6.07, 6.45) is 0.679. The fourth-order valence-electron chi connectivity index (χ4n) is 4.38. The highest BCUT2D eigenvalue weighted by atomic mass is 16.4. The number of nitrogens with one attached hydrogen (secondary N) is 3. The number of carboxylic acids is 1. The van der Waals surface area contributed by atoms with Gasteiger partial charge in [0.1, 0.15) is 24.2 Å². The SMILES string of the molecule is CC(O)C(N)C(=O)NC(CC(N)=O)C(=O)NC(Cc1c[nH]c2ccccc12)C(=O)N1CCCC1C(=O)O. The molecule has 5 atom stereocenters. The maximum absolute atomic E-state index is 13.5. The van der Waals surface area contributed by atoms with Gasteiger partial charge in [-0.1, -0.05) is 18.2 Å². The van der Waals surface area contributed by atoms with Gasteiger partial charge in [-0.3, -0.25) is 19.2 Å². The number of carboxylic acid groups (broad SMARTS) is 1. The van der Waals surface area contributed by atoms with E-state index in [9.17, 15) is 34.2 Å². The number of fused-ring (bicyclic) bond motifs is 1. The summed E-state index contributed by atoms with van der Waals surface area (Å²) < 4.78 is 0. The molecule has 13 heteroatoms. The minimum Gasteiger partial charge on any atom is -0.480 e. The molecule has 1 aromatic heterocycles. The number of aliphatic carboxylic acids is 1. The van der Waals surface area contributed by atoms with Crippen LogP contribution in [0.3, 0.4) is 0 Å². The Morgan fingerprint density at radius 3 is 2.46 bits per heavy atom. The Morgan fingerprint density at radius 1 is 1.14 bits per heavy atom. The second-order valence-electron chi connectivity index (χ2n) is 9.15. The van der Waals surface area contributed by atoms with Gasteiger partial charge in [-0.05, 0) is 31.4 Å². The molecule has 1 fully saturated rings. The van der Waals surface area contributed by atoms with E-state index in [4.69, 9.17) is 11.5 Å². The van der Waals surface area contributed by atoms with Gasteiger partial charge in [0.25, 0.3) is 0 Å².